The van der Waals surface area contributed by atoms with Crippen molar-refractivity contribution in [3.8, 4) is 0 Å². The number of nitrogens with one attached hydrogen (secondary N) is 1. The van der Waals surface area contributed by atoms with Gasteiger partial charge in [0.05, 0.1) is 11.7 Å². The van der Waals surface area contributed by atoms with Gasteiger partial charge in [-0.15, -0.1) is 13.2 Å². The van der Waals surface area contributed by atoms with Crippen molar-refractivity contribution in [1.82, 2.24) is 9.55 Å². The summed E-state index contributed by atoms with van der Waals surface area (Å²) >= 11 is 0. The van der Waals surface area contributed by atoms with Crippen LogP contribution in [0.3, 0.4) is 0 Å². The van der Waals surface area contributed by atoms with Gasteiger partial charge in [0.1, 0.15) is 12.2 Å². The minimum absolute atomic E-state index is 0.0679. The normalized spacial score (nSPS) is 26.5. The Morgan fingerprint density at radius 1 is 1.38 bits per heavy atom. The molecule has 1 aromatic heterocycles. The van der Waals surface area contributed by atoms with Crippen LogP contribution in [0.2, 0.25) is 0 Å². The average Bonchev–Trinajstić information content (AvgIpc) is 2.79. The summed E-state index contributed by atoms with van der Waals surface area (Å²) in [6, 6.07) is 0. The lowest BCUT2D eigenvalue weighted by molar-refractivity contribution is -0.112. The fourth-order valence-electron chi connectivity index (χ4n) is 2.69. The Hall–Kier alpha value is -1.73. The predicted octanol–water partition coefficient (Wildman–Crippen LogP) is -0.143. The molecule has 0 unspecified atom stereocenters. The first-order valence-electron chi connectivity index (χ1n) is 8.22. The first kappa shape index (κ1) is 20.6. The topological polar surface area (TPSA) is 122 Å². The number of aromatic nitrogens is 2. The zero-order valence-corrected chi connectivity index (χ0v) is 16.0. The van der Waals surface area contributed by atoms with Crippen molar-refractivity contribution in [1.29, 1.82) is 0 Å². The molecule has 1 fully saturated rings. The molecule has 0 aliphatic carbocycles. The molecule has 144 valence electrons. The van der Waals surface area contributed by atoms with Crippen LogP contribution in [-0.2, 0) is 9.53 Å². The number of carbonyl (C=O) groups excluding carboxylic acids is 1. The maximum Gasteiger partial charge on any atom is 0.330 e. The van der Waals surface area contributed by atoms with E-state index in [0.29, 0.717) is 6.42 Å². The van der Waals surface area contributed by atoms with Gasteiger partial charge in [0, 0.05) is 6.20 Å². The van der Waals surface area contributed by atoms with Crippen molar-refractivity contribution in [2.75, 3.05) is 19.5 Å². The second kappa shape index (κ2) is 7.88. The number of aromatic amines is 1. The number of hydrogen-bond acceptors (Lipinski definition) is 6. The number of carbonyl (C=O) groups is 1. The van der Waals surface area contributed by atoms with E-state index in [0.717, 1.165) is 10.7 Å². The number of ketones is 1. The molecule has 8 nitrogen and oxygen atoms in total. The number of rotatable bonds is 6. The average molecular weight is 384 g/mol. The highest BCUT2D eigenvalue weighted by Crippen LogP contribution is 2.39. The molecule has 26 heavy (non-hydrogen) atoms. The summed E-state index contributed by atoms with van der Waals surface area (Å²) in [4.78, 5) is 37.2. The first-order valence-corrected chi connectivity index (χ1v) is 11.3. The van der Waals surface area contributed by atoms with E-state index < -0.39 is 42.7 Å². The van der Waals surface area contributed by atoms with Crippen molar-refractivity contribution in [3.63, 3.8) is 0 Å². The lowest BCUT2D eigenvalue weighted by Crippen LogP contribution is -2.38. The van der Waals surface area contributed by atoms with E-state index in [9.17, 15) is 24.6 Å². The smallest absolute Gasteiger partial charge is 0.330 e. The fourth-order valence-corrected chi connectivity index (χ4v) is 3.64. The van der Waals surface area contributed by atoms with E-state index in [1.54, 1.807) is 0 Å². The van der Waals surface area contributed by atoms with Gasteiger partial charge in [-0.05, 0) is 45.0 Å². The SMILES string of the molecule is C=P(C)(C)CC[C@H]1O[C@@H](n2cc(/C=C/C(C)=O)c(=O)[nH]c2=O)[C@H](O)[C@@H]1O. The molecule has 1 aromatic rings. The molecule has 2 heterocycles. The molecule has 0 bridgehead atoms. The second-order valence-corrected chi connectivity index (χ2v) is 11.5. The summed E-state index contributed by atoms with van der Waals surface area (Å²) in [6.07, 6.45) is 4.83. The van der Waals surface area contributed by atoms with E-state index >= 15 is 0 Å². The van der Waals surface area contributed by atoms with Crippen LogP contribution in [0.25, 0.3) is 6.08 Å². The summed E-state index contributed by atoms with van der Waals surface area (Å²) in [5.74, 6) is -0.256. The standard InChI is InChI=1S/C17H25N2O6P/c1-10(20)5-6-11-9-19(17(24)18-15(11)23)16-14(22)13(21)12(25-16)7-8-26(2,3)4/h5-6,9,12-14,16,21-22H,2,7-8H2,1,3-4H3,(H,18,23,24)/b6-5+/t12-,13-,14-,16-/m1/s1. The minimum atomic E-state index is -1.33. The van der Waals surface area contributed by atoms with Crippen molar-refractivity contribution < 1.29 is 19.7 Å². The van der Waals surface area contributed by atoms with Crippen molar-refractivity contribution >= 4 is 25.0 Å². The van der Waals surface area contributed by atoms with E-state index in [4.69, 9.17) is 4.74 Å². The fraction of sp³-hybridized carbons (Fsp3) is 0.529. The lowest BCUT2D eigenvalue weighted by atomic mass is 10.1. The predicted molar refractivity (Wildman–Crippen MR) is 102 cm³/mol. The van der Waals surface area contributed by atoms with E-state index in [1.807, 2.05) is 0 Å². The second-order valence-electron chi connectivity index (χ2n) is 7.19. The first-order chi connectivity index (χ1) is 12.0. The number of nitrogens with zero attached hydrogens (tertiary/aromatic N) is 1. The maximum atomic E-state index is 12.1. The van der Waals surface area contributed by atoms with E-state index in [1.165, 1.54) is 25.3 Å². The molecule has 1 aliphatic heterocycles. The van der Waals surface area contributed by atoms with Crippen LogP contribution < -0.4 is 11.2 Å². The number of hydrogen-bond donors (Lipinski definition) is 3. The summed E-state index contributed by atoms with van der Waals surface area (Å²) in [6.45, 7) is 4.12. The highest BCUT2D eigenvalue weighted by molar-refractivity contribution is 7.72. The van der Waals surface area contributed by atoms with Gasteiger partial charge in [-0.25, -0.2) is 4.79 Å². The zero-order valence-electron chi connectivity index (χ0n) is 15.1. The Morgan fingerprint density at radius 2 is 2.04 bits per heavy atom. The van der Waals surface area contributed by atoms with Gasteiger partial charge < -0.3 is 14.9 Å². The van der Waals surface area contributed by atoms with Crippen LogP contribution in [0.15, 0.2) is 21.9 Å². The number of H-pyrrole nitrogens is 1. The van der Waals surface area contributed by atoms with E-state index in [2.05, 4.69) is 24.6 Å². The minimum Gasteiger partial charge on any atom is -0.388 e. The Balaban J connectivity index is 2.31. The highest BCUT2D eigenvalue weighted by atomic mass is 31.2. The van der Waals surface area contributed by atoms with Crippen LogP contribution in [0.5, 0.6) is 0 Å². The van der Waals surface area contributed by atoms with Gasteiger partial charge in [-0.2, -0.15) is 0 Å². The molecular weight excluding hydrogens is 359 g/mol. The molecular formula is C17H25N2O6P. The summed E-state index contributed by atoms with van der Waals surface area (Å²) in [7, 11) is 0. The number of aliphatic hydroxyl groups is 2. The Labute approximate surface area is 151 Å². The van der Waals surface area contributed by atoms with Crippen molar-refractivity contribution in [2.45, 2.75) is 37.9 Å². The van der Waals surface area contributed by atoms with Crippen LogP contribution in [0, 0.1) is 0 Å². The Kier molecular flexibility index (Phi) is 6.24. The lowest BCUT2D eigenvalue weighted by Gasteiger charge is -2.19. The Bertz CT molecular complexity index is 865. The molecule has 4 atom stereocenters. The van der Waals surface area contributed by atoms with Crippen LogP contribution in [0.1, 0.15) is 25.1 Å². The molecule has 1 aliphatic rings. The van der Waals surface area contributed by atoms with E-state index in [-0.39, 0.29) is 11.3 Å². The molecule has 0 spiro atoms. The summed E-state index contributed by atoms with van der Waals surface area (Å²) in [5.41, 5.74) is -1.35. The molecule has 0 saturated carbocycles. The van der Waals surface area contributed by atoms with Gasteiger partial charge in [0.15, 0.2) is 12.0 Å². The molecule has 0 amide bonds. The summed E-state index contributed by atoms with van der Waals surface area (Å²) in [5, 5.41) is 20.6. The zero-order chi connectivity index (χ0) is 19.6. The van der Waals surface area contributed by atoms with Gasteiger partial charge in [-0.1, -0.05) is 0 Å². The van der Waals surface area contributed by atoms with Gasteiger partial charge >= 0.3 is 5.69 Å². The number of allylic oxidation sites excluding steroid dienone is 1. The Morgan fingerprint density at radius 3 is 2.62 bits per heavy atom. The molecule has 9 heteroatoms. The highest BCUT2D eigenvalue weighted by Gasteiger charge is 2.43. The van der Waals surface area contributed by atoms with Crippen LogP contribution in [-0.4, -0.2) is 69.7 Å². The maximum absolute atomic E-state index is 12.1. The third-order valence-electron chi connectivity index (χ3n) is 4.12. The third-order valence-corrected chi connectivity index (χ3v) is 5.59. The van der Waals surface area contributed by atoms with Gasteiger partial charge in [0.2, 0.25) is 0 Å². The third kappa shape index (κ3) is 4.92. The van der Waals surface area contributed by atoms with Gasteiger partial charge in [0.25, 0.3) is 5.56 Å². The van der Waals surface area contributed by atoms with Crippen LogP contribution in [0.4, 0.5) is 0 Å². The molecule has 0 radical (unpaired) electrons. The quantitative estimate of drug-likeness (QED) is 0.464. The molecule has 0 aromatic carbocycles. The summed E-state index contributed by atoms with van der Waals surface area (Å²) < 4.78 is 6.74. The number of ether oxygens (including phenoxy) is 1. The molecule has 2 rings (SSSR count). The molecule has 1 saturated heterocycles. The number of aliphatic hydroxyl groups excluding tert-OH is 2. The monoisotopic (exact) mass is 384 g/mol. The van der Waals surface area contributed by atoms with Crippen molar-refractivity contribution in [3.05, 3.63) is 38.7 Å². The van der Waals surface area contributed by atoms with Crippen LogP contribution >= 0.6 is 6.89 Å². The molecule has 3 N–H and O–H groups in total. The largest absolute Gasteiger partial charge is 0.388 e. The van der Waals surface area contributed by atoms with Crippen molar-refractivity contribution in [2.24, 2.45) is 0 Å². The van der Waals surface area contributed by atoms with Gasteiger partial charge in [-0.3, -0.25) is 19.1 Å².